The van der Waals surface area contributed by atoms with E-state index >= 15 is 0 Å². The molecule has 0 N–H and O–H groups in total. The lowest BCUT2D eigenvalue weighted by atomic mass is 10.0. The summed E-state index contributed by atoms with van der Waals surface area (Å²) in [4.78, 5) is 24.2. The van der Waals surface area contributed by atoms with Crippen molar-refractivity contribution in [1.29, 1.82) is 0 Å². The SMILES string of the molecule is O=COc1ccc(-c2ccc3c(OC=O)c(F)c(F)cc3c2F)nc1F. The summed E-state index contributed by atoms with van der Waals surface area (Å²) in [6.45, 7) is -0.117. The fourth-order valence-corrected chi connectivity index (χ4v) is 2.42. The van der Waals surface area contributed by atoms with E-state index in [2.05, 4.69) is 14.5 Å². The molecule has 0 spiro atoms. The normalized spacial score (nSPS) is 10.6. The number of rotatable bonds is 5. The third kappa shape index (κ3) is 2.83. The molecule has 1 aromatic heterocycles. The molecule has 3 rings (SSSR count). The van der Waals surface area contributed by atoms with Gasteiger partial charge >= 0.3 is 0 Å². The van der Waals surface area contributed by atoms with Gasteiger partial charge in [0.2, 0.25) is 5.82 Å². The predicted octanol–water partition coefficient (Wildman–Crippen LogP) is 3.53. The lowest BCUT2D eigenvalue weighted by Gasteiger charge is -2.11. The number of hydrogen-bond acceptors (Lipinski definition) is 5. The van der Waals surface area contributed by atoms with Crippen LogP contribution in [0.15, 0.2) is 30.3 Å². The van der Waals surface area contributed by atoms with Crippen LogP contribution in [0.3, 0.4) is 0 Å². The van der Waals surface area contributed by atoms with Crippen molar-refractivity contribution in [3.05, 3.63) is 53.7 Å². The molecule has 5 nitrogen and oxygen atoms in total. The van der Waals surface area contributed by atoms with Crippen molar-refractivity contribution in [2.24, 2.45) is 0 Å². The quantitative estimate of drug-likeness (QED) is 0.393. The van der Waals surface area contributed by atoms with E-state index in [0.29, 0.717) is 6.07 Å². The Kier molecular flexibility index (Phi) is 4.53. The van der Waals surface area contributed by atoms with Crippen LogP contribution in [0.2, 0.25) is 0 Å². The van der Waals surface area contributed by atoms with Gasteiger partial charge in [0, 0.05) is 16.3 Å². The fraction of sp³-hybridized carbons (Fsp3) is 0. The van der Waals surface area contributed by atoms with Crippen LogP contribution in [-0.2, 0) is 9.59 Å². The van der Waals surface area contributed by atoms with E-state index in [1.54, 1.807) is 0 Å². The molecule has 9 heteroatoms. The second kappa shape index (κ2) is 6.79. The molecule has 132 valence electrons. The lowest BCUT2D eigenvalue weighted by Crippen LogP contribution is -2.00. The summed E-state index contributed by atoms with van der Waals surface area (Å²) >= 11 is 0. The highest BCUT2D eigenvalue weighted by molar-refractivity contribution is 5.93. The summed E-state index contributed by atoms with van der Waals surface area (Å²) in [7, 11) is 0. The molecule has 0 saturated carbocycles. The Morgan fingerprint density at radius 2 is 1.58 bits per heavy atom. The van der Waals surface area contributed by atoms with Crippen LogP contribution < -0.4 is 9.47 Å². The largest absolute Gasteiger partial charge is 0.425 e. The second-order valence-electron chi connectivity index (χ2n) is 4.94. The number of fused-ring (bicyclic) bond motifs is 1. The molecule has 0 atom stereocenters. The Balaban J connectivity index is 2.22. The third-order valence-corrected chi connectivity index (χ3v) is 3.54. The molecule has 26 heavy (non-hydrogen) atoms. The molecule has 1 heterocycles. The molecule has 2 aromatic carbocycles. The minimum Gasteiger partial charge on any atom is -0.425 e. The summed E-state index contributed by atoms with van der Waals surface area (Å²) in [6.07, 6.45) is 0. The van der Waals surface area contributed by atoms with Crippen molar-refractivity contribution in [3.8, 4) is 22.8 Å². The number of nitrogens with zero attached hydrogens (tertiary/aromatic N) is 1. The molecule has 0 saturated heterocycles. The molecule has 0 amide bonds. The van der Waals surface area contributed by atoms with Crippen LogP contribution in [0.4, 0.5) is 17.6 Å². The van der Waals surface area contributed by atoms with Crippen molar-refractivity contribution in [1.82, 2.24) is 4.98 Å². The van der Waals surface area contributed by atoms with E-state index in [1.165, 1.54) is 12.1 Å². The van der Waals surface area contributed by atoms with Crippen molar-refractivity contribution in [2.45, 2.75) is 0 Å². The van der Waals surface area contributed by atoms with Gasteiger partial charge in [-0.1, -0.05) is 0 Å². The van der Waals surface area contributed by atoms with E-state index < -0.39 is 40.3 Å². The molecule has 0 aliphatic rings. The third-order valence-electron chi connectivity index (χ3n) is 3.54. The molecule has 0 aliphatic carbocycles. The van der Waals surface area contributed by atoms with Crippen LogP contribution >= 0.6 is 0 Å². The summed E-state index contributed by atoms with van der Waals surface area (Å²) in [5, 5.41) is -0.590. The van der Waals surface area contributed by atoms with E-state index in [9.17, 15) is 27.2 Å². The van der Waals surface area contributed by atoms with E-state index in [0.717, 1.165) is 12.1 Å². The topological polar surface area (TPSA) is 65.5 Å². The Bertz CT molecular complexity index is 1040. The molecule has 3 aromatic rings. The highest BCUT2D eigenvalue weighted by Crippen LogP contribution is 2.36. The molecule has 0 unspecified atom stereocenters. The molecule has 0 bridgehead atoms. The number of halogens is 4. The first-order valence-electron chi connectivity index (χ1n) is 6.95. The van der Waals surface area contributed by atoms with Crippen LogP contribution in [0.5, 0.6) is 11.5 Å². The van der Waals surface area contributed by atoms with Crippen molar-refractivity contribution in [3.63, 3.8) is 0 Å². The van der Waals surface area contributed by atoms with Gasteiger partial charge in [0.05, 0.1) is 5.69 Å². The molecule has 0 aliphatic heterocycles. The maximum absolute atomic E-state index is 14.8. The summed E-state index contributed by atoms with van der Waals surface area (Å²) in [5.41, 5.74) is -0.403. The van der Waals surface area contributed by atoms with Gasteiger partial charge < -0.3 is 9.47 Å². The average molecular weight is 365 g/mol. The number of benzene rings is 2. The van der Waals surface area contributed by atoms with Gasteiger partial charge in [0.1, 0.15) is 5.82 Å². The minimum atomic E-state index is -1.45. The number of aromatic nitrogens is 1. The Morgan fingerprint density at radius 1 is 0.846 bits per heavy atom. The minimum absolute atomic E-state index is 0.00224. The summed E-state index contributed by atoms with van der Waals surface area (Å²) < 4.78 is 64.7. The van der Waals surface area contributed by atoms with Gasteiger partial charge in [0.25, 0.3) is 18.9 Å². The van der Waals surface area contributed by atoms with E-state index in [4.69, 9.17) is 0 Å². The summed E-state index contributed by atoms with van der Waals surface area (Å²) in [5.74, 6) is -6.30. The Morgan fingerprint density at radius 3 is 2.23 bits per heavy atom. The number of hydrogen-bond donors (Lipinski definition) is 0. The lowest BCUT2D eigenvalue weighted by molar-refractivity contribution is -0.121. The van der Waals surface area contributed by atoms with Crippen LogP contribution in [0.1, 0.15) is 0 Å². The second-order valence-corrected chi connectivity index (χ2v) is 4.94. The number of carbonyl (C=O) groups excluding carboxylic acids is 2. The zero-order chi connectivity index (χ0) is 18.8. The smallest absolute Gasteiger partial charge is 0.298 e. The van der Waals surface area contributed by atoms with Gasteiger partial charge in [-0.3, -0.25) is 9.59 Å². The van der Waals surface area contributed by atoms with Gasteiger partial charge in [-0.25, -0.2) is 13.8 Å². The first-order chi connectivity index (χ1) is 12.5. The number of carbonyl (C=O) groups is 2. The van der Waals surface area contributed by atoms with Crippen molar-refractivity contribution >= 4 is 23.7 Å². The monoisotopic (exact) mass is 365 g/mol. The molecule has 0 radical (unpaired) electrons. The molecule has 0 fully saturated rings. The Hall–Kier alpha value is -3.49. The zero-order valence-electron chi connectivity index (χ0n) is 12.6. The van der Waals surface area contributed by atoms with Gasteiger partial charge in [0.15, 0.2) is 17.3 Å². The van der Waals surface area contributed by atoms with Crippen LogP contribution in [0.25, 0.3) is 22.0 Å². The standard InChI is InChI=1S/C17H7F4NO4/c18-11-5-10-8(16(15(11)20)26-7-24)1-2-9(14(10)19)12-3-4-13(25-6-23)17(21)22-12/h1-7H. The van der Waals surface area contributed by atoms with Gasteiger partial charge in [-0.2, -0.15) is 8.78 Å². The number of pyridine rings is 1. The van der Waals surface area contributed by atoms with Crippen LogP contribution in [0, 0.1) is 23.4 Å². The first kappa shape index (κ1) is 17.3. The van der Waals surface area contributed by atoms with Crippen molar-refractivity contribution < 1.29 is 36.6 Å². The maximum Gasteiger partial charge on any atom is 0.298 e. The van der Waals surface area contributed by atoms with E-state index in [1.807, 2.05) is 0 Å². The van der Waals surface area contributed by atoms with Gasteiger partial charge in [-0.15, -0.1) is 0 Å². The highest BCUT2D eigenvalue weighted by Gasteiger charge is 2.20. The average Bonchev–Trinajstić information content (AvgIpc) is 2.62. The maximum atomic E-state index is 14.8. The van der Waals surface area contributed by atoms with Crippen LogP contribution in [-0.4, -0.2) is 17.9 Å². The van der Waals surface area contributed by atoms with Crippen molar-refractivity contribution in [2.75, 3.05) is 0 Å². The fourth-order valence-electron chi connectivity index (χ4n) is 2.42. The van der Waals surface area contributed by atoms with E-state index in [-0.39, 0.29) is 29.6 Å². The number of ether oxygens (including phenoxy) is 2. The molecular formula is C17H7F4NO4. The predicted molar refractivity (Wildman–Crippen MR) is 80.4 cm³/mol. The summed E-state index contributed by atoms with van der Waals surface area (Å²) in [6, 6.07) is 5.12. The zero-order valence-corrected chi connectivity index (χ0v) is 12.6. The first-order valence-corrected chi connectivity index (χ1v) is 6.95. The molecular weight excluding hydrogens is 358 g/mol. The Labute approximate surface area is 142 Å². The van der Waals surface area contributed by atoms with Gasteiger partial charge in [-0.05, 0) is 30.3 Å². The highest BCUT2D eigenvalue weighted by atomic mass is 19.2.